The number of carbonyl (C=O) groups excluding carboxylic acids is 2. The van der Waals surface area contributed by atoms with Gasteiger partial charge in [0.25, 0.3) is 5.91 Å². The summed E-state index contributed by atoms with van der Waals surface area (Å²) in [6, 6.07) is 4.86. The zero-order chi connectivity index (χ0) is 18.4. The molecule has 0 spiro atoms. The van der Waals surface area contributed by atoms with Crippen LogP contribution in [-0.2, 0) is 14.3 Å². The third kappa shape index (κ3) is 2.74. The molecule has 3 atom stereocenters. The van der Waals surface area contributed by atoms with Crippen LogP contribution in [0.15, 0.2) is 29.5 Å². The van der Waals surface area contributed by atoms with Gasteiger partial charge in [0, 0.05) is 6.54 Å². The van der Waals surface area contributed by atoms with Crippen molar-refractivity contribution in [2.45, 2.75) is 51.2 Å². The quantitative estimate of drug-likeness (QED) is 0.747. The molecule has 4 rings (SSSR count). The summed E-state index contributed by atoms with van der Waals surface area (Å²) in [5.74, 6) is -0.000840. The number of hydrogen-bond acceptors (Lipinski definition) is 3. The first kappa shape index (κ1) is 17.9. The number of carbonyl (C=O) groups is 2. The van der Waals surface area contributed by atoms with Crippen molar-refractivity contribution >= 4 is 34.9 Å². The molecule has 3 unspecified atom stereocenters. The van der Waals surface area contributed by atoms with Crippen molar-refractivity contribution < 1.29 is 14.3 Å². The van der Waals surface area contributed by atoms with Gasteiger partial charge < -0.3 is 9.64 Å². The number of amides is 1. The minimum Gasteiger partial charge on any atom is -0.483 e. The standard InChI is InChI=1S/C20H21Cl2NO3/c1-2-9-23-17(11-7-8-13(21)14(22)10-11)16-18(24)12-5-3-4-6-15(12)26-19(16)20(23)25/h7-8,10,12,15,17H,2-6,9H2,1H3. The van der Waals surface area contributed by atoms with E-state index in [2.05, 4.69) is 0 Å². The van der Waals surface area contributed by atoms with Crippen molar-refractivity contribution in [1.82, 2.24) is 4.90 Å². The van der Waals surface area contributed by atoms with Gasteiger partial charge in [-0.3, -0.25) is 9.59 Å². The molecule has 138 valence electrons. The van der Waals surface area contributed by atoms with Crippen LogP contribution in [-0.4, -0.2) is 29.2 Å². The maximum absolute atomic E-state index is 13.3. The largest absolute Gasteiger partial charge is 0.483 e. The maximum Gasteiger partial charge on any atom is 0.290 e. The van der Waals surface area contributed by atoms with Crippen LogP contribution in [0.1, 0.15) is 50.6 Å². The molecule has 1 fully saturated rings. The molecule has 0 N–H and O–H groups in total. The number of ketones is 1. The molecule has 1 amide bonds. The molecule has 0 saturated heterocycles. The summed E-state index contributed by atoms with van der Waals surface area (Å²) in [6.07, 6.45) is 4.38. The Labute approximate surface area is 163 Å². The molecule has 2 heterocycles. The molecule has 1 aromatic carbocycles. The van der Waals surface area contributed by atoms with Crippen molar-refractivity contribution in [3.05, 3.63) is 45.1 Å². The zero-order valence-corrected chi connectivity index (χ0v) is 16.1. The van der Waals surface area contributed by atoms with Crippen molar-refractivity contribution in [2.75, 3.05) is 6.54 Å². The van der Waals surface area contributed by atoms with E-state index in [1.165, 1.54) is 0 Å². The number of Topliss-reactive ketones (excluding diaryl/α,β-unsaturated/α-hetero) is 1. The first-order valence-electron chi connectivity index (χ1n) is 9.24. The fourth-order valence-corrected chi connectivity index (χ4v) is 4.70. The number of ether oxygens (including phenoxy) is 1. The predicted molar refractivity (Wildman–Crippen MR) is 100 cm³/mol. The van der Waals surface area contributed by atoms with Crippen molar-refractivity contribution in [1.29, 1.82) is 0 Å². The fraction of sp³-hybridized carbons (Fsp3) is 0.500. The Balaban J connectivity index is 1.81. The second-order valence-electron chi connectivity index (χ2n) is 7.23. The second kappa shape index (κ2) is 6.90. The highest BCUT2D eigenvalue weighted by molar-refractivity contribution is 6.42. The zero-order valence-electron chi connectivity index (χ0n) is 14.6. The van der Waals surface area contributed by atoms with Crippen LogP contribution in [0.4, 0.5) is 0 Å². The van der Waals surface area contributed by atoms with Gasteiger partial charge in [0.2, 0.25) is 0 Å². The Morgan fingerprint density at radius 2 is 1.92 bits per heavy atom. The number of halogens is 2. The normalized spacial score (nSPS) is 28.1. The highest BCUT2D eigenvalue weighted by atomic mass is 35.5. The van der Waals surface area contributed by atoms with Gasteiger partial charge in [-0.2, -0.15) is 0 Å². The Kier molecular flexibility index (Phi) is 4.74. The van der Waals surface area contributed by atoms with Crippen molar-refractivity contribution in [3.63, 3.8) is 0 Å². The lowest BCUT2D eigenvalue weighted by Crippen LogP contribution is -2.39. The van der Waals surface area contributed by atoms with Gasteiger partial charge >= 0.3 is 0 Å². The summed E-state index contributed by atoms with van der Waals surface area (Å²) in [5.41, 5.74) is 1.31. The van der Waals surface area contributed by atoms with Gasteiger partial charge in [0.15, 0.2) is 11.5 Å². The number of rotatable bonds is 3. The molecule has 1 aliphatic carbocycles. The molecule has 0 aromatic heterocycles. The van der Waals surface area contributed by atoms with E-state index in [4.69, 9.17) is 27.9 Å². The van der Waals surface area contributed by atoms with Crippen LogP contribution in [0.3, 0.4) is 0 Å². The molecule has 1 aromatic rings. The predicted octanol–water partition coefficient (Wildman–Crippen LogP) is 4.70. The molecule has 3 aliphatic rings. The Hall–Kier alpha value is -1.52. The van der Waals surface area contributed by atoms with E-state index in [0.29, 0.717) is 22.2 Å². The van der Waals surface area contributed by atoms with Gasteiger partial charge in [0.05, 0.1) is 27.6 Å². The third-order valence-corrected chi connectivity index (χ3v) is 6.32. The summed E-state index contributed by atoms with van der Waals surface area (Å²) in [5, 5.41) is 0.872. The first-order chi connectivity index (χ1) is 12.5. The van der Waals surface area contributed by atoms with Gasteiger partial charge in [-0.15, -0.1) is 0 Å². The first-order valence-corrected chi connectivity index (χ1v) is 9.99. The number of benzene rings is 1. The van der Waals surface area contributed by atoms with E-state index in [1.807, 2.05) is 13.0 Å². The number of nitrogens with zero attached hydrogens (tertiary/aromatic N) is 1. The maximum atomic E-state index is 13.3. The highest BCUT2D eigenvalue weighted by Crippen LogP contribution is 2.47. The molecule has 0 radical (unpaired) electrons. The van der Waals surface area contributed by atoms with Crippen LogP contribution >= 0.6 is 23.2 Å². The number of fused-ring (bicyclic) bond motifs is 1. The van der Waals surface area contributed by atoms with Crippen LogP contribution < -0.4 is 0 Å². The molecule has 4 nitrogen and oxygen atoms in total. The molecule has 26 heavy (non-hydrogen) atoms. The van der Waals surface area contributed by atoms with E-state index in [0.717, 1.165) is 37.7 Å². The average molecular weight is 394 g/mol. The lowest BCUT2D eigenvalue weighted by molar-refractivity contribution is -0.135. The smallest absolute Gasteiger partial charge is 0.290 e. The minimum atomic E-state index is -0.442. The average Bonchev–Trinajstić information content (AvgIpc) is 2.91. The summed E-state index contributed by atoms with van der Waals surface area (Å²) < 4.78 is 6.09. The Morgan fingerprint density at radius 1 is 1.15 bits per heavy atom. The van der Waals surface area contributed by atoms with Crippen molar-refractivity contribution in [3.8, 4) is 0 Å². The summed E-state index contributed by atoms with van der Waals surface area (Å²) in [7, 11) is 0. The van der Waals surface area contributed by atoms with E-state index in [-0.39, 0.29) is 29.5 Å². The van der Waals surface area contributed by atoms with Gasteiger partial charge in [-0.1, -0.05) is 42.6 Å². The summed E-state index contributed by atoms with van der Waals surface area (Å²) >= 11 is 12.3. The lowest BCUT2D eigenvalue weighted by atomic mass is 9.77. The monoisotopic (exact) mass is 393 g/mol. The molecule has 1 saturated carbocycles. The number of hydrogen-bond donors (Lipinski definition) is 0. The van der Waals surface area contributed by atoms with E-state index >= 15 is 0 Å². The van der Waals surface area contributed by atoms with Crippen molar-refractivity contribution in [2.24, 2.45) is 5.92 Å². The Bertz CT molecular complexity index is 804. The van der Waals surface area contributed by atoms with Gasteiger partial charge in [0.1, 0.15) is 6.10 Å². The SMILES string of the molecule is CCCN1C(=O)C2=C(C(=O)C3CCCCC3O2)C1c1ccc(Cl)c(Cl)c1. The molecular formula is C20H21Cl2NO3. The van der Waals surface area contributed by atoms with Gasteiger partial charge in [-0.25, -0.2) is 0 Å². The highest BCUT2D eigenvalue weighted by Gasteiger charge is 2.51. The Morgan fingerprint density at radius 3 is 2.65 bits per heavy atom. The van der Waals surface area contributed by atoms with Crippen LogP contribution in [0.25, 0.3) is 0 Å². The minimum absolute atomic E-state index is 0.0685. The van der Waals surface area contributed by atoms with Crippen LogP contribution in [0, 0.1) is 5.92 Å². The summed E-state index contributed by atoms with van der Waals surface area (Å²) in [6.45, 7) is 2.57. The van der Waals surface area contributed by atoms with E-state index in [1.54, 1.807) is 17.0 Å². The molecule has 0 bridgehead atoms. The van der Waals surface area contributed by atoms with E-state index in [9.17, 15) is 9.59 Å². The van der Waals surface area contributed by atoms with Gasteiger partial charge in [-0.05, 0) is 43.4 Å². The molecule has 2 aliphatic heterocycles. The third-order valence-electron chi connectivity index (χ3n) is 5.58. The summed E-state index contributed by atoms with van der Waals surface area (Å²) in [4.78, 5) is 28.0. The second-order valence-corrected chi connectivity index (χ2v) is 8.04. The topological polar surface area (TPSA) is 46.6 Å². The van der Waals surface area contributed by atoms with Crippen LogP contribution in [0.5, 0.6) is 0 Å². The van der Waals surface area contributed by atoms with Crippen LogP contribution in [0.2, 0.25) is 10.0 Å². The lowest BCUT2D eigenvalue weighted by Gasteiger charge is -2.35. The van der Waals surface area contributed by atoms with E-state index < -0.39 is 6.04 Å². The molecule has 6 heteroatoms. The molecular weight excluding hydrogens is 373 g/mol. The fourth-order valence-electron chi connectivity index (χ4n) is 4.39.